The van der Waals surface area contributed by atoms with Crippen molar-refractivity contribution >= 4 is 22.5 Å². The Kier molecular flexibility index (Phi) is 3.62. The number of aromatic nitrogens is 1. The number of rotatable bonds is 3. The third-order valence-corrected chi connectivity index (χ3v) is 3.55. The predicted octanol–water partition coefficient (Wildman–Crippen LogP) is 1.68. The summed E-state index contributed by atoms with van der Waals surface area (Å²) in [6.07, 6.45) is 2.85. The number of nitrogens with zero attached hydrogens (tertiary/aromatic N) is 1. The highest BCUT2D eigenvalue weighted by atomic mass is 16.5. The van der Waals surface area contributed by atoms with Crippen molar-refractivity contribution in [3.63, 3.8) is 0 Å². The topological polar surface area (TPSA) is 77.2 Å². The lowest BCUT2D eigenvalue weighted by Crippen LogP contribution is -2.29. The van der Waals surface area contributed by atoms with Gasteiger partial charge in [-0.25, -0.2) is 0 Å². The molecule has 2 unspecified atom stereocenters. The van der Waals surface area contributed by atoms with Gasteiger partial charge in [0.25, 0.3) is 5.91 Å². The van der Waals surface area contributed by atoms with Crippen molar-refractivity contribution in [2.45, 2.75) is 25.0 Å². The van der Waals surface area contributed by atoms with Crippen LogP contribution in [0.25, 0.3) is 10.9 Å². The standard InChI is InChI=1S/C15H17N3O2/c16-9-11-6-7-13(20-11)15(19)18-12-5-1-3-10-4-2-8-17-14(10)12/h1-5,8,11,13H,6-7,9,16H2,(H,18,19). The number of pyridine rings is 1. The third kappa shape index (κ3) is 2.50. The van der Waals surface area contributed by atoms with Crippen LogP contribution in [0.5, 0.6) is 0 Å². The summed E-state index contributed by atoms with van der Waals surface area (Å²) >= 11 is 0. The molecule has 0 saturated carbocycles. The molecule has 1 aliphatic rings. The molecule has 1 aliphatic heterocycles. The molecule has 1 aromatic carbocycles. The number of benzene rings is 1. The number of hydrogen-bond acceptors (Lipinski definition) is 4. The fourth-order valence-electron chi connectivity index (χ4n) is 2.49. The Bertz CT molecular complexity index is 624. The van der Waals surface area contributed by atoms with Crippen LogP contribution >= 0.6 is 0 Å². The number of para-hydroxylation sites is 1. The highest BCUT2D eigenvalue weighted by Gasteiger charge is 2.30. The van der Waals surface area contributed by atoms with Crippen LogP contribution in [0.15, 0.2) is 36.5 Å². The lowest BCUT2D eigenvalue weighted by Gasteiger charge is -2.13. The molecule has 104 valence electrons. The second-order valence-electron chi connectivity index (χ2n) is 4.93. The van der Waals surface area contributed by atoms with Crippen molar-refractivity contribution in [2.75, 3.05) is 11.9 Å². The molecule has 5 heteroatoms. The van der Waals surface area contributed by atoms with Gasteiger partial charge < -0.3 is 15.8 Å². The molecule has 0 radical (unpaired) electrons. The summed E-state index contributed by atoms with van der Waals surface area (Å²) in [5.74, 6) is -0.126. The van der Waals surface area contributed by atoms with E-state index in [4.69, 9.17) is 10.5 Å². The maximum Gasteiger partial charge on any atom is 0.253 e. The average Bonchev–Trinajstić information content (AvgIpc) is 2.97. The molecule has 1 saturated heterocycles. The van der Waals surface area contributed by atoms with Gasteiger partial charge in [0.15, 0.2) is 0 Å². The Balaban J connectivity index is 1.78. The van der Waals surface area contributed by atoms with Gasteiger partial charge in [-0.2, -0.15) is 0 Å². The summed E-state index contributed by atoms with van der Waals surface area (Å²) in [6.45, 7) is 0.458. The predicted molar refractivity (Wildman–Crippen MR) is 77.3 cm³/mol. The van der Waals surface area contributed by atoms with E-state index in [9.17, 15) is 4.79 Å². The first-order chi connectivity index (χ1) is 9.78. The van der Waals surface area contributed by atoms with Gasteiger partial charge in [-0.3, -0.25) is 9.78 Å². The largest absolute Gasteiger partial charge is 0.364 e. The Labute approximate surface area is 117 Å². The van der Waals surface area contributed by atoms with E-state index < -0.39 is 6.10 Å². The second-order valence-corrected chi connectivity index (χ2v) is 4.93. The van der Waals surface area contributed by atoms with Crippen molar-refractivity contribution < 1.29 is 9.53 Å². The molecule has 0 spiro atoms. The number of fused-ring (bicyclic) bond motifs is 1. The van der Waals surface area contributed by atoms with Gasteiger partial charge in [-0.05, 0) is 25.0 Å². The van der Waals surface area contributed by atoms with Crippen LogP contribution in [-0.2, 0) is 9.53 Å². The molecule has 20 heavy (non-hydrogen) atoms. The van der Waals surface area contributed by atoms with E-state index >= 15 is 0 Å². The molecule has 0 aliphatic carbocycles. The number of anilines is 1. The first-order valence-electron chi connectivity index (χ1n) is 6.78. The molecule has 2 aromatic rings. The number of nitrogens with two attached hydrogens (primary N) is 1. The van der Waals surface area contributed by atoms with Crippen LogP contribution in [0.3, 0.4) is 0 Å². The minimum Gasteiger partial charge on any atom is -0.364 e. The van der Waals surface area contributed by atoms with Gasteiger partial charge in [0.05, 0.1) is 17.3 Å². The lowest BCUT2D eigenvalue weighted by atomic mass is 10.1. The van der Waals surface area contributed by atoms with Crippen molar-refractivity contribution in [3.05, 3.63) is 36.5 Å². The van der Waals surface area contributed by atoms with E-state index in [-0.39, 0.29) is 12.0 Å². The van der Waals surface area contributed by atoms with Crippen molar-refractivity contribution in [1.29, 1.82) is 0 Å². The molecule has 0 bridgehead atoms. The highest BCUT2D eigenvalue weighted by Crippen LogP contribution is 2.24. The maximum absolute atomic E-state index is 12.2. The SMILES string of the molecule is NCC1CCC(C(=O)Nc2cccc3cccnc23)O1. The number of carbonyl (C=O) groups is 1. The zero-order chi connectivity index (χ0) is 13.9. The number of amides is 1. The summed E-state index contributed by atoms with van der Waals surface area (Å²) in [5.41, 5.74) is 7.06. The van der Waals surface area contributed by atoms with Crippen LogP contribution in [0.1, 0.15) is 12.8 Å². The smallest absolute Gasteiger partial charge is 0.253 e. The van der Waals surface area contributed by atoms with Gasteiger partial charge in [-0.15, -0.1) is 0 Å². The van der Waals surface area contributed by atoms with Crippen LogP contribution in [0, 0.1) is 0 Å². The number of nitrogens with one attached hydrogen (secondary N) is 1. The van der Waals surface area contributed by atoms with Gasteiger partial charge in [0, 0.05) is 18.1 Å². The molecule has 2 atom stereocenters. The van der Waals surface area contributed by atoms with Crippen molar-refractivity contribution in [1.82, 2.24) is 4.98 Å². The molecule has 1 aromatic heterocycles. The summed E-state index contributed by atoms with van der Waals surface area (Å²) in [4.78, 5) is 16.5. The van der Waals surface area contributed by atoms with Gasteiger partial charge >= 0.3 is 0 Å². The molecular formula is C15H17N3O2. The monoisotopic (exact) mass is 271 g/mol. The fraction of sp³-hybridized carbons (Fsp3) is 0.333. The van der Waals surface area contributed by atoms with E-state index in [2.05, 4.69) is 10.3 Å². The van der Waals surface area contributed by atoms with Crippen molar-refractivity contribution in [2.24, 2.45) is 5.73 Å². The summed E-state index contributed by atoms with van der Waals surface area (Å²) < 4.78 is 5.60. The van der Waals surface area contributed by atoms with Crippen LogP contribution in [0.2, 0.25) is 0 Å². The molecule has 2 heterocycles. The Morgan fingerprint density at radius 1 is 1.35 bits per heavy atom. The Hall–Kier alpha value is -1.98. The van der Waals surface area contributed by atoms with Crippen LogP contribution in [0.4, 0.5) is 5.69 Å². The number of ether oxygens (including phenoxy) is 1. The first-order valence-corrected chi connectivity index (χ1v) is 6.78. The van der Waals surface area contributed by atoms with Crippen LogP contribution < -0.4 is 11.1 Å². The number of hydrogen-bond donors (Lipinski definition) is 2. The average molecular weight is 271 g/mol. The number of carbonyl (C=O) groups excluding carboxylic acids is 1. The second kappa shape index (κ2) is 5.56. The Morgan fingerprint density at radius 3 is 3.00 bits per heavy atom. The zero-order valence-corrected chi connectivity index (χ0v) is 11.1. The van der Waals surface area contributed by atoms with E-state index in [0.717, 1.165) is 17.3 Å². The van der Waals surface area contributed by atoms with E-state index in [1.54, 1.807) is 6.20 Å². The van der Waals surface area contributed by atoms with E-state index in [0.29, 0.717) is 18.7 Å². The summed E-state index contributed by atoms with van der Waals surface area (Å²) in [6, 6.07) is 9.56. The quantitative estimate of drug-likeness (QED) is 0.890. The van der Waals surface area contributed by atoms with Gasteiger partial charge in [-0.1, -0.05) is 18.2 Å². The maximum atomic E-state index is 12.2. The molecule has 1 amide bonds. The van der Waals surface area contributed by atoms with E-state index in [1.165, 1.54) is 0 Å². The molecule has 5 nitrogen and oxygen atoms in total. The minimum atomic E-state index is -0.414. The van der Waals surface area contributed by atoms with Crippen LogP contribution in [-0.4, -0.2) is 29.6 Å². The van der Waals surface area contributed by atoms with Crippen molar-refractivity contribution in [3.8, 4) is 0 Å². The van der Waals surface area contributed by atoms with Gasteiger partial charge in [0.2, 0.25) is 0 Å². The first kappa shape index (κ1) is 13.0. The normalized spacial score (nSPS) is 22.1. The van der Waals surface area contributed by atoms with Gasteiger partial charge in [0.1, 0.15) is 6.10 Å². The minimum absolute atomic E-state index is 0.00334. The van der Waals surface area contributed by atoms with E-state index in [1.807, 2.05) is 30.3 Å². The molecule has 3 N–H and O–H groups in total. The lowest BCUT2D eigenvalue weighted by molar-refractivity contribution is -0.126. The molecular weight excluding hydrogens is 254 g/mol. The molecule has 1 fully saturated rings. The summed E-state index contributed by atoms with van der Waals surface area (Å²) in [7, 11) is 0. The molecule has 3 rings (SSSR count). The highest BCUT2D eigenvalue weighted by molar-refractivity contribution is 6.01. The fourth-order valence-corrected chi connectivity index (χ4v) is 2.49. The summed E-state index contributed by atoms with van der Waals surface area (Å²) in [5, 5.41) is 3.90. The zero-order valence-electron chi connectivity index (χ0n) is 11.1. The third-order valence-electron chi connectivity index (χ3n) is 3.55. The Morgan fingerprint density at radius 2 is 2.20 bits per heavy atom.